The zero-order valence-electron chi connectivity index (χ0n) is 15.9. The summed E-state index contributed by atoms with van der Waals surface area (Å²) in [6, 6.07) is 9.07. The molecule has 1 aromatic carbocycles. The fraction of sp³-hybridized carbons (Fsp3) is 0.350. The first-order chi connectivity index (χ1) is 13.6. The first-order valence-corrected chi connectivity index (χ1v) is 9.28. The zero-order chi connectivity index (χ0) is 19.8. The number of nitrogens with one attached hydrogen (secondary N) is 3. The number of hydrogen-bond donors (Lipinski definition) is 3. The van der Waals surface area contributed by atoms with Crippen molar-refractivity contribution in [2.45, 2.75) is 6.92 Å². The Balaban J connectivity index is 1.52. The molecule has 3 rings (SSSR count). The summed E-state index contributed by atoms with van der Waals surface area (Å²) >= 11 is 0. The molecule has 28 heavy (non-hydrogen) atoms. The summed E-state index contributed by atoms with van der Waals surface area (Å²) in [5.41, 5.74) is 2.78. The summed E-state index contributed by atoms with van der Waals surface area (Å²) in [5, 5.41) is 8.86. The van der Waals surface area contributed by atoms with Gasteiger partial charge in [0.25, 0.3) is 5.91 Å². The summed E-state index contributed by atoms with van der Waals surface area (Å²) in [4.78, 5) is 29.9. The lowest BCUT2D eigenvalue weighted by Gasteiger charge is -2.26. The van der Waals surface area contributed by atoms with E-state index in [1.165, 1.54) is 6.92 Å². The van der Waals surface area contributed by atoms with Crippen LogP contribution in [0.4, 0.5) is 17.1 Å². The van der Waals surface area contributed by atoms with Crippen LogP contribution in [0, 0.1) is 0 Å². The summed E-state index contributed by atoms with van der Waals surface area (Å²) < 4.78 is 5.32. The lowest BCUT2D eigenvalue weighted by atomic mass is 10.2. The molecule has 8 nitrogen and oxygen atoms in total. The average molecular weight is 383 g/mol. The molecule has 2 aromatic rings. The van der Waals surface area contributed by atoms with Crippen LogP contribution >= 0.6 is 0 Å². The molecular weight excluding hydrogens is 358 g/mol. The first-order valence-electron chi connectivity index (χ1n) is 9.28. The van der Waals surface area contributed by atoms with Gasteiger partial charge in [-0.1, -0.05) is 0 Å². The number of aromatic nitrogens is 1. The topological polar surface area (TPSA) is 95.6 Å². The van der Waals surface area contributed by atoms with Crippen molar-refractivity contribution in [3.63, 3.8) is 0 Å². The van der Waals surface area contributed by atoms with Crippen molar-refractivity contribution >= 4 is 28.9 Å². The van der Waals surface area contributed by atoms with Gasteiger partial charge in [-0.25, -0.2) is 0 Å². The zero-order valence-corrected chi connectivity index (χ0v) is 15.9. The maximum absolute atomic E-state index is 12.4. The van der Waals surface area contributed by atoms with E-state index >= 15 is 0 Å². The molecule has 1 saturated heterocycles. The van der Waals surface area contributed by atoms with Crippen LogP contribution in [-0.4, -0.2) is 61.1 Å². The summed E-state index contributed by atoms with van der Waals surface area (Å²) in [6.45, 7) is 6.15. The van der Waals surface area contributed by atoms with Gasteiger partial charge < -0.3 is 20.7 Å². The smallest absolute Gasteiger partial charge is 0.252 e. The molecule has 3 N–H and O–H groups in total. The van der Waals surface area contributed by atoms with Crippen molar-refractivity contribution in [1.82, 2.24) is 15.2 Å². The van der Waals surface area contributed by atoms with E-state index in [2.05, 4.69) is 25.8 Å². The Hall–Kier alpha value is -2.97. The van der Waals surface area contributed by atoms with E-state index in [4.69, 9.17) is 4.74 Å². The number of anilines is 3. The number of nitrogens with zero attached hydrogens (tertiary/aromatic N) is 2. The van der Waals surface area contributed by atoms with Gasteiger partial charge in [0, 0.05) is 50.7 Å². The van der Waals surface area contributed by atoms with Gasteiger partial charge in [0.05, 0.1) is 30.7 Å². The number of morpholine rings is 1. The summed E-state index contributed by atoms with van der Waals surface area (Å²) in [5.74, 6) is -0.261. The van der Waals surface area contributed by atoms with Crippen LogP contribution in [0.2, 0.25) is 0 Å². The lowest BCUT2D eigenvalue weighted by Crippen LogP contribution is -2.41. The SMILES string of the molecule is CC(=O)Nc1ccc(Nc2cncc(C(=O)NCCN3CCOCC3)c2)cc1. The van der Waals surface area contributed by atoms with Gasteiger partial charge in [0.15, 0.2) is 0 Å². The maximum atomic E-state index is 12.4. The predicted molar refractivity (Wildman–Crippen MR) is 108 cm³/mol. The quantitative estimate of drug-likeness (QED) is 0.675. The molecule has 0 bridgehead atoms. The molecule has 0 radical (unpaired) electrons. The number of benzene rings is 1. The Kier molecular flexibility index (Phi) is 6.94. The molecule has 0 aliphatic carbocycles. The molecule has 1 fully saturated rings. The number of hydrogen-bond acceptors (Lipinski definition) is 6. The maximum Gasteiger partial charge on any atom is 0.252 e. The Labute approximate surface area is 164 Å². The van der Waals surface area contributed by atoms with Crippen LogP contribution in [0.1, 0.15) is 17.3 Å². The molecule has 0 spiro atoms. The largest absolute Gasteiger partial charge is 0.379 e. The minimum absolute atomic E-state index is 0.114. The number of carbonyl (C=O) groups excluding carboxylic acids is 2. The third-order valence-corrected chi connectivity index (χ3v) is 4.31. The predicted octanol–water partition coefficient (Wildman–Crippen LogP) is 1.85. The van der Waals surface area contributed by atoms with Crippen LogP contribution in [0.15, 0.2) is 42.7 Å². The van der Waals surface area contributed by atoms with Crippen molar-refractivity contribution in [3.05, 3.63) is 48.3 Å². The third-order valence-electron chi connectivity index (χ3n) is 4.31. The summed E-state index contributed by atoms with van der Waals surface area (Å²) in [7, 11) is 0. The second kappa shape index (κ2) is 9.82. The Morgan fingerprint density at radius 2 is 1.79 bits per heavy atom. The second-order valence-corrected chi connectivity index (χ2v) is 6.56. The average Bonchev–Trinajstić information content (AvgIpc) is 2.70. The highest BCUT2D eigenvalue weighted by atomic mass is 16.5. The van der Waals surface area contributed by atoms with E-state index in [0.717, 1.165) is 44.2 Å². The number of pyridine rings is 1. The lowest BCUT2D eigenvalue weighted by molar-refractivity contribution is -0.114. The van der Waals surface area contributed by atoms with Crippen LogP contribution < -0.4 is 16.0 Å². The van der Waals surface area contributed by atoms with Crippen LogP contribution in [-0.2, 0) is 9.53 Å². The van der Waals surface area contributed by atoms with Crippen LogP contribution in [0.3, 0.4) is 0 Å². The molecule has 2 amide bonds. The van der Waals surface area contributed by atoms with E-state index in [1.54, 1.807) is 30.6 Å². The highest BCUT2D eigenvalue weighted by Gasteiger charge is 2.11. The van der Waals surface area contributed by atoms with Gasteiger partial charge in [0.2, 0.25) is 5.91 Å². The minimum Gasteiger partial charge on any atom is -0.379 e. The molecule has 0 unspecified atom stereocenters. The second-order valence-electron chi connectivity index (χ2n) is 6.56. The monoisotopic (exact) mass is 383 g/mol. The van der Waals surface area contributed by atoms with Gasteiger partial charge in [0.1, 0.15) is 0 Å². The fourth-order valence-electron chi connectivity index (χ4n) is 2.89. The van der Waals surface area contributed by atoms with E-state index in [0.29, 0.717) is 17.8 Å². The van der Waals surface area contributed by atoms with Gasteiger partial charge >= 0.3 is 0 Å². The van der Waals surface area contributed by atoms with Gasteiger partial charge in [-0.05, 0) is 30.3 Å². The highest BCUT2D eigenvalue weighted by Crippen LogP contribution is 2.19. The molecular formula is C20H25N5O3. The minimum atomic E-state index is -0.148. The molecule has 0 saturated carbocycles. The number of rotatable bonds is 7. The van der Waals surface area contributed by atoms with Gasteiger partial charge in [-0.15, -0.1) is 0 Å². The molecule has 1 aromatic heterocycles. The van der Waals surface area contributed by atoms with Gasteiger partial charge in [-0.3, -0.25) is 19.5 Å². The number of ether oxygens (including phenoxy) is 1. The molecule has 1 aliphatic heterocycles. The first kappa shape index (κ1) is 19.8. The third kappa shape index (κ3) is 6.04. The van der Waals surface area contributed by atoms with Crippen molar-refractivity contribution in [2.24, 2.45) is 0 Å². The molecule has 0 atom stereocenters. The Bertz CT molecular complexity index is 804. The Morgan fingerprint density at radius 1 is 1.07 bits per heavy atom. The van der Waals surface area contributed by atoms with E-state index in [1.807, 2.05) is 12.1 Å². The van der Waals surface area contributed by atoms with E-state index in [-0.39, 0.29) is 11.8 Å². The van der Waals surface area contributed by atoms with Crippen LogP contribution in [0.25, 0.3) is 0 Å². The number of amides is 2. The normalized spacial score (nSPS) is 14.3. The van der Waals surface area contributed by atoms with E-state index in [9.17, 15) is 9.59 Å². The molecule has 148 valence electrons. The Morgan fingerprint density at radius 3 is 2.50 bits per heavy atom. The highest BCUT2D eigenvalue weighted by molar-refractivity contribution is 5.95. The fourth-order valence-corrected chi connectivity index (χ4v) is 2.89. The van der Waals surface area contributed by atoms with Crippen molar-refractivity contribution in [2.75, 3.05) is 50.0 Å². The van der Waals surface area contributed by atoms with E-state index < -0.39 is 0 Å². The van der Waals surface area contributed by atoms with Crippen LogP contribution in [0.5, 0.6) is 0 Å². The number of carbonyl (C=O) groups is 2. The molecule has 1 aliphatic rings. The van der Waals surface area contributed by atoms with Gasteiger partial charge in [-0.2, -0.15) is 0 Å². The van der Waals surface area contributed by atoms with Crippen molar-refractivity contribution < 1.29 is 14.3 Å². The van der Waals surface area contributed by atoms with Crippen molar-refractivity contribution in [1.29, 1.82) is 0 Å². The standard InChI is InChI=1S/C20H25N5O3/c1-15(26)23-17-2-4-18(5-3-17)24-19-12-16(13-21-14-19)20(27)22-6-7-25-8-10-28-11-9-25/h2-5,12-14,24H,6-11H2,1H3,(H,22,27)(H,23,26). The molecule has 8 heteroatoms. The molecule has 2 heterocycles. The van der Waals surface area contributed by atoms with Crippen molar-refractivity contribution in [3.8, 4) is 0 Å². The summed E-state index contributed by atoms with van der Waals surface area (Å²) in [6.07, 6.45) is 3.21.